The molecule has 7 nitrogen and oxygen atoms in total. The van der Waals surface area contributed by atoms with Gasteiger partial charge in [0.2, 0.25) is 6.79 Å². The van der Waals surface area contributed by atoms with Crippen LogP contribution in [0.2, 0.25) is 0 Å². The molecule has 0 saturated heterocycles. The maximum absolute atomic E-state index is 11.4. The number of alkyl carbamates (subject to hydrolysis) is 1. The van der Waals surface area contributed by atoms with Crippen LogP contribution in [-0.4, -0.2) is 36.5 Å². The lowest BCUT2D eigenvalue weighted by molar-refractivity contribution is -0.152. The second kappa shape index (κ2) is 9.27. The van der Waals surface area contributed by atoms with E-state index in [9.17, 15) is 14.4 Å². The Morgan fingerprint density at radius 1 is 1.14 bits per heavy atom. The first kappa shape index (κ1) is 18.3. The summed E-state index contributed by atoms with van der Waals surface area (Å²) in [5.74, 6) is -0.929. The highest BCUT2D eigenvalue weighted by molar-refractivity contribution is 5.70. The molecule has 0 spiro atoms. The van der Waals surface area contributed by atoms with Crippen molar-refractivity contribution >= 4 is 18.0 Å². The lowest BCUT2D eigenvalue weighted by Gasteiger charge is -2.25. The standard InChI is InChI=1S/C15H25NO6/c1-10(2)7-13(17)21-9-22-15(20)16-8-11-3-5-12(6-4-11)14(18)19/h10-12H,3-9H2,1-2H3,(H,16,20)(H,18,19). The number of aliphatic carboxylic acids is 1. The van der Waals surface area contributed by atoms with Crippen LogP contribution in [0, 0.1) is 17.8 Å². The van der Waals surface area contributed by atoms with Gasteiger partial charge < -0.3 is 19.9 Å². The number of hydrogen-bond donors (Lipinski definition) is 2. The third-order valence-corrected chi connectivity index (χ3v) is 3.72. The number of amides is 1. The molecule has 7 heteroatoms. The van der Waals surface area contributed by atoms with Crippen LogP contribution in [0.4, 0.5) is 4.79 Å². The van der Waals surface area contributed by atoms with Crippen LogP contribution >= 0.6 is 0 Å². The minimum atomic E-state index is -0.742. The fourth-order valence-corrected chi connectivity index (χ4v) is 2.43. The van der Waals surface area contributed by atoms with Gasteiger partial charge in [-0.1, -0.05) is 13.8 Å². The monoisotopic (exact) mass is 315 g/mol. The minimum Gasteiger partial charge on any atom is -0.481 e. The maximum atomic E-state index is 11.4. The summed E-state index contributed by atoms with van der Waals surface area (Å²) in [7, 11) is 0. The molecule has 0 aliphatic heterocycles. The van der Waals surface area contributed by atoms with E-state index in [2.05, 4.69) is 5.32 Å². The summed E-state index contributed by atoms with van der Waals surface area (Å²) in [6.07, 6.45) is 2.50. The third-order valence-electron chi connectivity index (χ3n) is 3.72. The van der Waals surface area contributed by atoms with E-state index < -0.39 is 18.0 Å². The lowest BCUT2D eigenvalue weighted by Crippen LogP contribution is -2.33. The number of carbonyl (C=O) groups is 3. The van der Waals surface area contributed by atoms with Crippen molar-refractivity contribution in [3.8, 4) is 0 Å². The average Bonchev–Trinajstić information content (AvgIpc) is 2.44. The van der Waals surface area contributed by atoms with Gasteiger partial charge in [0.15, 0.2) is 0 Å². The van der Waals surface area contributed by atoms with Crippen molar-refractivity contribution in [2.75, 3.05) is 13.3 Å². The molecule has 0 aromatic heterocycles. The van der Waals surface area contributed by atoms with Crippen molar-refractivity contribution in [3.63, 3.8) is 0 Å². The van der Waals surface area contributed by atoms with Crippen molar-refractivity contribution in [1.82, 2.24) is 5.32 Å². The first-order valence-corrected chi connectivity index (χ1v) is 7.67. The van der Waals surface area contributed by atoms with Gasteiger partial charge in [-0.15, -0.1) is 0 Å². The average molecular weight is 315 g/mol. The Morgan fingerprint density at radius 2 is 1.77 bits per heavy atom. The summed E-state index contributed by atoms with van der Waals surface area (Å²) in [6.45, 7) is 3.86. The highest BCUT2D eigenvalue weighted by Gasteiger charge is 2.26. The zero-order chi connectivity index (χ0) is 16.5. The first-order chi connectivity index (χ1) is 10.4. The lowest BCUT2D eigenvalue weighted by atomic mass is 9.82. The molecule has 0 atom stereocenters. The highest BCUT2D eigenvalue weighted by Crippen LogP contribution is 2.28. The predicted molar refractivity (Wildman–Crippen MR) is 78.0 cm³/mol. The molecule has 0 aromatic carbocycles. The number of carbonyl (C=O) groups excluding carboxylic acids is 2. The van der Waals surface area contributed by atoms with E-state index in [1.807, 2.05) is 13.8 Å². The Morgan fingerprint density at radius 3 is 2.32 bits per heavy atom. The molecule has 0 bridgehead atoms. The van der Waals surface area contributed by atoms with Crippen LogP contribution in [0.15, 0.2) is 0 Å². The van der Waals surface area contributed by atoms with Gasteiger partial charge >= 0.3 is 18.0 Å². The van der Waals surface area contributed by atoms with Crippen molar-refractivity contribution in [1.29, 1.82) is 0 Å². The maximum Gasteiger partial charge on any atom is 0.410 e. The largest absolute Gasteiger partial charge is 0.481 e. The molecule has 1 aliphatic carbocycles. The van der Waals surface area contributed by atoms with Crippen LogP contribution in [-0.2, 0) is 19.1 Å². The second-order valence-electron chi connectivity index (χ2n) is 6.10. The van der Waals surface area contributed by atoms with E-state index >= 15 is 0 Å². The summed E-state index contributed by atoms with van der Waals surface area (Å²) in [5, 5.41) is 11.5. The molecule has 1 fully saturated rings. The minimum absolute atomic E-state index is 0.197. The molecule has 1 rings (SSSR count). The summed E-state index contributed by atoms with van der Waals surface area (Å²) in [5.41, 5.74) is 0. The Labute approximate surface area is 130 Å². The normalized spacial score (nSPS) is 21.2. The highest BCUT2D eigenvalue weighted by atomic mass is 16.7. The number of nitrogens with one attached hydrogen (secondary N) is 1. The van der Waals surface area contributed by atoms with Gasteiger partial charge in [0.05, 0.1) is 5.92 Å². The molecular formula is C15H25NO6. The predicted octanol–water partition coefficient (Wildman–Crippen LogP) is 2.15. The Kier molecular flexibility index (Phi) is 7.70. The fourth-order valence-electron chi connectivity index (χ4n) is 2.43. The van der Waals surface area contributed by atoms with E-state index in [-0.39, 0.29) is 31.0 Å². The van der Waals surface area contributed by atoms with Gasteiger partial charge in [-0.05, 0) is 37.5 Å². The molecule has 2 N–H and O–H groups in total. The molecule has 0 heterocycles. The number of hydrogen-bond acceptors (Lipinski definition) is 5. The SMILES string of the molecule is CC(C)CC(=O)OCOC(=O)NCC1CCC(C(=O)O)CC1. The fraction of sp³-hybridized carbons (Fsp3) is 0.800. The van der Waals surface area contributed by atoms with Gasteiger partial charge in [0.1, 0.15) is 0 Å². The molecule has 1 aliphatic rings. The van der Waals surface area contributed by atoms with E-state index in [1.165, 1.54) is 0 Å². The van der Waals surface area contributed by atoms with E-state index in [0.717, 1.165) is 12.8 Å². The third kappa shape index (κ3) is 7.28. The van der Waals surface area contributed by atoms with Crippen molar-refractivity contribution in [2.24, 2.45) is 17.8 Å². The summed E-state index contributed by atoms with van der Waals surface area (Å²) in [4.78, 5) is 33.5. The number of carboxylic acid groups (broad SMARTS) is 1. The zero-order valence-electron chi connectivity index (χ0n) is 13.2. The van der Waals surface area contributed by atoms with Crippen LogP contribution in [0.5, 0.6) is 0 Å². The first-order valence-electron chi connectivity index (χ1n) is 7.67. The summed E-state index contributed by atoms with van der Waals surface area (Å²) in [6, 6.07) is 0. The summed E-state index contributed by atoms with van der Waals surface area (Å²) >= 11 is 0. The smallest absolute Gasteiger partial charge is 0.410 e. The van der Waals surface area contributed by atoms with Gasteiger partial charge in [-0.2, -0.15) is 0 Å². The van der Waals surface area contributed by atoms with Gasteiger partial charge in [-0.25, -0.2) is 4.79 Å². The second-order valence-corrected chi connectivity index (χ2v) is 6.10. The van der Waals surface area contributed by atoms with Gasteiger partial charge in [-0.3, -0.25) is 9.59 Å². The molecule has 0 unspecified atom stereocenters. The van der Waals surface area contributed by atoms with E-state index in [1.54, 1.807) is 0 Å². The van der Waals surface area contributed by atoms with Gasteiger partial charge in [0, 0.05) is 13.0 Å². The van der Waals surface area contributed by atoms with Crippen LogP contribution in [0.3, 0.4) is 0 Å². The number of rotatable bonds is 7. The molecular weight excluding hydrogens is 290 g/mol. The van der Waals surface area contributed by atoms with Crippen LogP contribution < -0.4 is 5.32 Å². The van der Waals surface area contributed by atoms with Gasteiger partial charge in [0.25, 0.3) is 0 Å². The van der Waals surface area contributed by atoms with Crippen LogP contribution in [0.1, 0.15) is 46.0 Å². The van der Waals surface area contributed by atoms with Crippen molar-refractivity contribution < 1.29 is 29.0 Å². The molecule has 0 aromatic rings. The Balaban J connectivity index is 2.09. The molecule has 126 valence electrons. The number of ether oxygens (including phenoxy) is 2. The van der Waals surface area contributed by atoms with E-state index in [0.29, 0.717) is 19.4 Å². The summed E-state index contributed by atoms with van der Waals surface area (Å²) < 4.78 is 9.53. The molecule has 1 amide bonds. The number of carboxylic acids is 1. The molecule has 0 radical (unpaired) electrons. The quantitative estimate of drug-likeness (QED) is 0.551. The Bertz CT molecular complexity index is 387. The van der Waals surface area contributed by atoms with E-state index in [4.69, 9.17) is 14.6 Å². The topological polar surface area (TPSA) is 102 Å². The zero-order valence-corrected chi connectivity index (χ0v) is 13.2. The van der Waals surface area contributed by atoms with Crippen molar-refractivity contribution in [2.45, 2.75) is 46.0 Å². The number of esters is 1. The Hall–Kier alpha value is -1.79. The van der Waals surface area contributed by atoms with Crippen molar-refractivity contribution in [3.05, 3.63) is 0 Å². The molecule has 1 saturated carbocycles. The van der Waals surface area contributed by atoms with Crippen LogP contribution in [0.25, 0.3) is 0 Å². The molecule has 22 heavy (non-hydrogen) atoms.